The van der Waals surface area contributed by atoms with Gasteiger partial charge in [0.15, 0.2) is 5.11 Å². The first-order valence-corrected chi connectivity index (χ1v) is 10.6. The molecule has 0 aliphatic rings. The average Bonchev–Trinajstić information content (AvgIpc) is 3.22. The highest BCUT2D eigenvalue weighted by Gasteiger charge is 2.17. The van der Waals surface area contributed by atoms with Gasteiger partial charge in [0.1, 0.15) is 11.5 Å². The Balaban J connectivity index is 1.44. The Hall–Kier alpha value is -4.30. The summed E-state index contributed by atoms with van der Waals surface area (Å²) in [6.45, 7) is 0. The third-order valence-electron chi connectivity index (χ3n) is 5.17. The molecule has 0 atom stereocenters. The van der Waals surface area contributed by atoms with E-state index in [2.05, 4.69) is 26.1 Å². The summed E-state index contributed by atoms with van der Waals surface area (Å²) >= 11 is 5.21. The SMILES string of the molecule is O=C(NNC(=S)Nc1ccc(F)cc1)c1cc2c([nH]c3ccccc32)c(-c2ccccc2)n1. The highest BCUT2D eigenvalue weighted by atomic mass is 32.1. The Bertz CT molecular complexity index is 1480. The average molecular weight is 456 g/mol. The molecular weight excluding hydrogens is 437 g/mol. The number of nitrogens with one attached hydrogen (secondary N) is 4. The van der Waals surface area contributed by atoms with Gasteiger partial charge in [0.25, 0.3) is 5.91 Å². The molecule has 0 unspecified atom stereocenters. The van der Waals surface area contributed by atoms with Crippen molar-refractivity contribution < 1.29 is 9.18 Å². The van der Waals surface area contributed by atoms with Crippen LogP contribution in [0.1, 0.15) is 10.5 Å². The second kappa shape index (κ2) is 8.68. The molecule has 4 N–H and O–H groups in total. The largest absolute Gasteiger partial charge is 0.353 e. The van der Waals surface area contributed by atoms with Crippen LogP contribution in [-0.2, 0) is 0 Å². The lowest BCUT2D eigenvalue weighted by Crippen LogP contribution is -2.44. The van der Waals surface area contributed by atoms with E-state index in [1.807, 2.05) is 54.6 Å². The summed E-state index contributed by atoms with van der Waals surface area (Å²) in [6, 6.07) is 25.1. The van der Waals surface area contributed by atoms with Gasteiger partial charge in [-0.3, -0.25) is 15.6 Å². The minimum absolute atomic E-state index is 0.159. The van der Waals surface area contributed by atoms with Crippen LogP contribution in [0.4, 0.5) is 10.1 Å². The fraction of sp³-hybridized carbons (Fsp3) is 0. The van der Waals surface area contributed by atoms with Gasteiger partial charge in [-0.1, -0.05) is 48.5 Å². The van der Waals surface area contributed by atoms with Crippen molar-refractivity contribution in [1.82, 2.24) is 20.8 Å². The molecule has 0 fully saturated rings. The molecule has 0 radical (unpaired) electrons. The lowest BCUT2D eigenvalue weighted by atomic mass is 10.1. The molecule has 8 heteroatoms. The normalized spacial score (nSPS) is 10.8. The number of hydrazine groups is 1. The van der Waals surface area contributed by atoms with Crippen molar-refractivity contribution in [2.75, 3.05) is 5.32 Å². The van der Waals surface area contributed by atoms with E-state index in [0.29, 0.717) is 11.4 Å². The monoisotopic (exact) mass is 455 g/mol. The number of halogens is 1. The van der Waals surface area contributed by atoms with Gasteiger partial charge in [0, 0.05) is 27.5 Å². The molecule has 0 saturated carbocycles. The highest BCUT2D eigenvalue weighted by molar-refractivity contribution is 7.80. The van der Waals surface area contributed by atoms with E-state index in [4.69, 9.17) is 12.2 Å². The van der Waals surface area contributed by atoms with E-state index >= 15 is 0 Å². The number of H-pyrrole nitrogens is 1. The Kier molecular flexibility index (Phi) is 5.42. The second-order valence-corrected chi connectivity index (χ2v) is 7.76. The van der Waals surface area contributed by atoms with Crippen molar-refractivity contribution in [3.05, 3.63) is 96.4 Å². The number of aromatic nitrogens is 2. The molecule has 0 spiro atoms. The van der Waals surface area contributed by atoms with Crippen molar-refractivity contribution >= 4 is 50.7 Å². The van der Waals surface area contributed by atoms with Crippen molar-refractivity contribution in [3.8, 4) is 11.3 Å². The van der Waals surface area contributed by atoms with E-state index in [1.165, 1.54) is 12.1 Å². The maximum Gasteiger partial charge on any atom is 0.288 e. The zero-order valence-corrected chi connectivity index (χ0v) is 18.0. The first-order chi connectivity index (χ1) is 16.1. The van der Waals surface area contributed by atoms with Crippen LogP contribution < -0.4 is 16.2 Å². The predicted molar refractivity (Wildman–Crippen MR) is 132 cm³/mol. The number of carbonyl (C=O) groups excluding carboxylic acids is 1. The molecule has 162 valence electrons. The van der Waals surface area contributed by atoms with E-state index in [1.54, 1.807) is 18.2 Å². The molecule has 2 aromatic heterocycles. The van der Waals surface area contributed by atoms with Crippen LogP contribution in [0.3, 0.4) is 0 Å². The van der Waals surface area contributed by atoms with Gasteiger partial charge in [0.2, 0.25) is 0 Å². The Morgan fingerprint density at radius 1 is 0.879 bits per heavy atom. The first-order valence-electron chi connectivity index (χ1n) is 10.2. The minimum atomic E-state index is -0.442. The molecule has 5 rings (SSSR count). The number of fused-ring (bicyclic) bond motifs is 3. The third kappa shape index (κ3) is 4.24. The molecule has 0 aliphatic carbocycles. The van der Waals surface area contributed by atoms with Crippen LogP contribution in [0, 0.1) is 5.82 Å². The number of hydrogen-bond donors (Lipinski definition) is 4. The number of para-hydroxylation sites is 1. The molecule has 3 aromatic carbocycles. The van der Waals surface area contributed by atoms with E-state index in [0.717, 1.165) is 27.4 Å². The smallest absolute Gasteiger partial charge is 0.288 e. The maximum absolute atomic E-state index is 13.1. The number of anilines is 1. The second-order valence-electron chi connectivity index (χ2n) is 7.36. The molecule has 1 amide bonds. The number of hydrogen-bond acceptors (Lipinski definition) is 3. The fourth-order valence-corrected chi connectivity index (χ4v) is 3.81. The molecule has 0 bridgehead atoms. The van der Waals surface area contributed by atoms with Gasteiger partial charge in [-0.25, -0.2) is 9.37 Å². The number of nitrogens with zero attached hydrogens (tertiary/aromatic N) is 1. The number of amides is 1. The third-order valence-corrected chi connectivity index (χ3v) is 5.37. The zero-order chi connectivity index (χ0) is 22.8. The number of thiocarbonyl (C=S) groups is 1. The van der Waals surface area contributed by atoms with Crippen LogP contribution in [-0.4, -0.2) is 21.0 Å². The molecule has 0 saturated heterocycles. The molecule has 0 aliphatic heterocycles. The van der Waals surface area contributed by atoms with Crippen LogP contribution in [0.2, 0.25) is 0 Å². The van der Waals surface area contributed by atoms with Gasteiger partial charge in [-0.15, -0.1) is 0 Å². The van der Waals surface area contributed by atoms with Crippen LogP contribution in [0.25, 0.3) is 33.1 Å². The lowest BCUT2D eigenvalue weighted by Gasteiger charge is -2.12. The number of pyridine rings is 1. The molecular formula is C25H18FN5OS. The first kappa shape index (κ1) is 20.6. The van der Waals surface area contributed by atoms with Crippen LogP contribution >= 0.6 is 12.2 Å². The molecule has 5 aromatic rings. The maximum atomic E-state index is 13.1. The van der Waals surface area contributed by atoms with Crippen molar-refractivity contribution in [2.45, 2.75) is 0 Å². The Morgan fingerprint density at radius 3 is 2.39 bits per heavy atom. The lowest BCUT2D eigenvalue weighted by molar-refractivity contribution is 0.0939. The Morgan fingerprint density at radius 2 is 1.61 bits per heavy atom. The quantitative estimate of drug-likeness (QED) is 0.223. The van der Waals surface area contributed by atoms with Gasteiger partial charge < -0.3 is 10.3 Å². The van der Waals surface area contributed by atoms with E-state index < -0.39 is 5.91 Å². The van der Waals surface area contributed by atoms with Gasteiger partial charge in [-0.2, -0.15) is 0 Å². The summed E-state index contributed by atoms with van der Waals surface area (Å²) in [5.74, 6) is -0.789. The Labute approximate surface area is 193 Å². The molecule has 6 nitrogen and oxygen atoms in total. The molecule has 2 heterocycles. The highest BCUT2D eigenvalue weighted by Crippen LogP contribution is 2.32. The van der Waals surface area contributed by atoms with Crippen molar-refractivity contribution in [1.29, 1.82) is 0 Å². The minimum Gasteiger partial charge on any atom is -0.353 e. The summed E-state index contributed by atoms with van der Waals surface area (Å²) in [5, 5.41) is 4.94. The van der Waals surface area contributed by atoms with Gasteiger partial charge >= 0.3 is 0 Å². The van der Waals surface area contributed by atoms with Crippen LogP contribution in [0.5, 0.6) is 0 Å². The predicted octanol–water partition coefficient (Wildman–Crippen LogP) is 5.15. The summed E-state index contributed by atoms with van der Waals surface area (Å²) in [5.41, 5.74) is 9.47. The molecule has 33 heavy (non-hydrogen) atoms. The van der Waals surface area contributed by atoms with Gasteiger partial charge in [-0.05, 0) is 48.6 Å². The fourth-order valence-electron chi connectivity index (χ4n) is 3.64. The number of benzene rings is 3. The summed E-state index contributed by atoms with van der Waals surface area (Å²) in [6.07, 6.45) is 0. The summed E-state index contributed by atoms with van der Waals surface area (Å²) < 4.78 is 13.1. The van der Waals surface area contributed by atoms with Crippen molar-refractivity contribution in [3.63, 3.8) is 0 Å². The standard InChI is InChI=1S/C25H18FN5OS/c26-16-10-12-17(13-11-16)27-25(33)31-30-24(32)21-14-19-18-8-4-5-9-20(18)28-23(19)22(29-21)15-6-2-1-3-7-15/h1-14,28H,(H,30,32)(H2,27,31,33). The van der Waals surface area contributed by atoms with Crippen molar-refractivity contribution in [2.24, 2.45) is 0 Å². The van der Waals surface area contributed by atoms with Gasteiger partial charge in [0.05, 0.1) is 11.2 Å². The van der Waals surface area contributed by atoms with Crippen LogP contribution in [0.15, 0.2) is 84.9 Å². The van der Waals surface area contributed by atoms with E-state index in [-0.39, 0.29) is 16.6 Å². The summed E-state index contributed by atoms with van der Waals surface area (Å²) in [7, 11) is 0. The zero-order valence-electron chi connectivity index (χ0n) is 17.2. The van der Waals surface area contributed by atoms with E-state index in [9.17, 15) is 9.18 Å². The number of rotatable bonds is 3. The number of carbonyl (C=O) groups is 1. The summed E-state index contributed by atoms with van der Waals surface area (Å²) in [4.78, 5) is 21.0. The number of aromatic amines is 1. The topological polar surface area (TPSA) is 81.8 Å².